The Kier molecular flexibility index (Phi) is 3.10. The van der Waals surface area contributed by atoms with Gasteiger partial charge in [-0.05, 0) is 23.8 Å². The molecule has 1 heterocycles. The molecule has 86 valence electrons. The molecule has 1 aromatic carbocycles. The van der Waals surface area contributed by atoms with Crippen molar-refractivity contribution < 1.29 is 9.59 Å². The second-order valence-electron chi connectivity index (χ2n) is 3.77. The predicted octanol–water partition coefficient (Wildman–Crippen LogP) is 0.418. The fourth-order valence-corrected chi connectivity index (χ4v) is 1.62. The monoisotopic (exact) mass is 228 g/mol. The summed E-state index contributed by atoms with van der Waals surface area (Å²) in [7, 11) is 0. The number of fused-ring (bicyclic) bond motifs is 1. The quantitative estimate of drug-likeness (QED) is 0.684. The van der Waals surface area contributed by atoms with E-state index in [4.69, 9.17) is 0 Å². The number of benzene rings is 1. The Labute approximate surface area is 99.4 Å². The van der Waals surface area contributed by atoms with E-state index in [0.717, 1.165) is 16.7 Å². The SMILES string of the molecule is CC(=O)NCC#Cc1ccc2c(c1)CNC2=O. The zero-order valence-corrected chi connectivity index (χ0v) is 9.46. The van der Waals surface area contributed by atoms with E-state index in [2.05, 4.69) is 22.5 Å². The van der Waals surface area contributed by atoms with Crippen LogP contribution in [0.15, 0.2) is 18.2 Å². The van der Waals surface area contributed by atoms with Gasteiger partial charge in [0, 0.05) is 24.6 Å². The maximum Gasteiger partial charge on any atom is 0.251 e. The van der Waals surface area contributed by atoms with Gasteiger partial charge in [-0.25, -0.2) is 0 Å². The summed E-state index contributed by atoms with van der Waals surface area (Å²) in [6.07, 6.45) is 0. The first-order chi connectivity index (χ1) is 8.16. The molecule has 0 spiro atoms. The maximum absolute atomic E-state index is 11.3. The molecule has 0 saturated heterocycles. The number of carbonyl (C=O) groups excluding carboxylic acids is 2. The number of hydrogen-bond acceptors (Lipinski definition) is 2. The van der Waals surface area contributed by atoms with Crippen molar-refractivity contribution in [3.8, 4) is 11.8 Å². The van der Waals surface area contributed by atoms with Crippen molar-refractivity contribution in [2.45, 2.75) is 13.5 Å². The first-order valence-corrected chi connectivity index (χ1v) is 5.31. The van der Waals surface area contributed by atoms with Crippen molar-refractivity contribution in [1.82, 2.24) is 10.6 Å². The van der Waals surface area contributed by atoms with E-state index in [1.54, 1.807) is 6.07 Å². The molecule has 17 heavy (non-hydrogen) atoms. The second kappa shape index (κ2) is 4.71. The molecule has 0 saturated carbocycles. The molecule has 1 aliphatic heterocycles. The molecule has 4 nitrogen and oxygen atoms in total. The van der Waals surface area contributed by atoms with E-state index in [9.17, 15) is 9.59 Å². The molecule has 2 N–H and O–H groups in total. The molecule has 0 bridgehead atoms. The normalized spacial score (nSPS) is 12.2. The van der Waals surface area contributed by atoms with Crippen LogP contribution in [0.25, 0.3) is 0 Å². The summed E-state index contributed by atoms with van der Waals surface area (Å²) in [6, 6.07) is 5.48. The van der Waals surface area contributed by atoms with Gasteiger partial charge in [-0.15, -0.1) is 0 Å². The molecule has 0 atom stereocenters. The zero-order chi connectivity index (χ0) is 12.3. The average Bonchev–Trinajstić information content (AvgIpc) is 2.66. The molecular formula is C13H12N2O2. The molecule has 2 rings (SSSR count). The molecule has 1 aromatic rings. The lowest BCUT2D eigenvalue weighted by molar-refractivity contribution is -0.118. The summed E-state index contributed by atoms with van der Waals surface area (Å²) >= 11 is 0. The van der Waals surface area contributed by atoms with Crippen LogP contribution in [-0.2, 0) is 11.3 Å². The fraction of sp³-hybridized carbons (Fsp3) is 0.231. The number of rotatable bonds is 1. The zero-order valence-electron chi connectivity index (χ0n) is 9.46. The molecular weight excluding hydrogens is 216 g/mol. The van der Waals surface area contributed by atoms with E-state index in [1.807, 2.05) is 12.1 Å². The molecule has 0 aromatic heterocycles. The summed E-state index contributed by atoms with van der Waals surface area (Å²) in [4.78, 5) is 21.9. The van der Waals surface area contributed by atoms with Gasteiger partial charge in [-0.3, -0.25) is 9.59 Å². The Morgan fingerprint density at radius 1 is 1.53 bits per heavy atom. The lowest BCUT2D eigenvalue weighted by Gasteiger charge is -1.96. The molecule has 0 fully saturated rings. The van der Waals surface area contributed by atoms with Gasteiger partial charge in [-0.2, -0.15) is 0 Å². The largest absolute Gasteiger partial charge is 0.348 e. The van der Waals surface area contributed by atoms with Crippen LogP contribution in [0.3, 0.4) is 0 Å². The summed E-state index contributed by atoms with van der Waals surface area (Å²) in [5, 5.41) is 5.35. The molecule has 4 heteroatoms. The van der Waals surface area contributed by atoms with Crippen LogP contribution in [0.2, 0.25) is 0 Å². The Morgan fingerprint density at radius 2 is 2.35 bits per heavy atom. The molecule has 0 radical (unpaired) electrons. The van der Waals surface area contributed by atoms with Crippen molar-refractivity contribution in [3.05, 3.63) is 34.9 Å². The van der Waals surface area contributed by atoms with E-state index in [0.29, 0.717) is 13.1 Å². The van der Waals surface area contributed by atoms with Gasteiger partial charge >= 0.3 is 0 Å². The Hall–Kier alpha value is -2.28. The third-order valence-corrected chi connectivity index (χ3v) is 2.45. The third-order valence-electron chi connectivity index (χ3n) is 2.45. The molecule has 0 unspecified atom stereocenters. The van der Waals surface area contributed by atoms with Crippen LogP contribution < -0.4 is 10.6 Å². The highest BCUT2D eigenvalue weighted by Gasteiger charge is 2.17. The number of hydrogen-bond donors (Lipinski definition) is 2. The predicted molar refractivity (Wildman–Crippen MR) is 63.2 cm³/mol. The van der Waals surface area contributed by atoms with Crippen LogP contribution in [0.5, 0.6) is 0 Å². The Bertz CT molecular complexity index is 538. The summed E-state index contributed by atoms with van der Waals surface area (Å²) in [6.45, 7) is 2.35. The van der Waals surface area contributed by atoms with Crippen LogP contribution in [0, 0.1) is 11.8 Å². The Balaban J connectivity index is 2.08. The van der Waals surface area contributed by atoms with Crippen molar-refractivity contribution in [1.29, 1.82) is 0 Å². The van der Waals surface area contributed by atoms with Gasteiger partial charge in [0.25, 0.3) is 5.91 Å². The highest BCUT2D eigenvalue weighted by atomic mass is 16.2. The van der Waals surface area contributed by atoms with E-state index >= 15 is 0 Å². The van der Waals surface area contributed by atoms with Gasteiger partial charge in [0.2, 0.25) is 5.91 Å². The van der Waals surface area contributed by atoms with Crippen LogP contribution in [-0.4, -0.2) is 18.4 Å². The Morgan fingerprint density at radius 3 is 3.12 bits per heavy atom. The first kappa shape index (κ1) is 11.2. The summed E-state index contributed by atoms with van der Waals surface area (Å²) in [5.41, 5.74) is 2.55. The smallest absolute Gasteiger partial charge is 0.251 e. The van der Waals surface area contributed by atoms with E-state index < -0.39 is 0 Å². The van der Waals surface area contributed by atoms with Crippen molar-refractivity contribution >= 4 is 11.8 Å². The summed E-state index contributed by atoms with van der Waals surface area (Å²) in [5.74, 6) is 5.66. The minimum Gasteiger partial charge on any atom is -0.348 e. The maximum atomic E-state index is 11.3. The average molecular weight is 228 g/mol. The fourth-order valence-electron chi connectivity index (χ4n) is 1.62. The van der Waals surface area contributed by atoms with Crippen LogP contribution in [0.4, 0.5) is 0 Å². The molecule has 2 amide bonds. The van der Waals surface area contributed by atoms with Gasteiger partial charge < -0.3 is 10.6 Å². The van der Waals surface area contributed by atoms with Gasteiger partial charge in [0.05, 0.1) is 6.54 Å². The van der Waals surface area contributed by atoms with Gasteiger partial charge in [-0.1, -0.05) is 11.8 Å². The highest BCUT2D eigenvalue weighted by molar-refractivity contribution is 5.98. The van der Waals surface area contributed by atoms with Gasteiger partial charge in [0.1, 0.15) is 0 Å². The molecule has 1 aliphatic rings. The van der Waals surface area contributed by atoms with Crippen LogP contribution >= 0.6 is 0 Å². The van der Waals surface area contributed by atoms with Crippen LogP contribution in [0.1, 0.15) is 28.4 Å². The minimum absolute atomic E-state index is 0.0299. The third kappa shape index (κ3) is 2.64. The topological polar surface area (TPSA) is 58.2 Å². The summed E-state index contributed by atoms with van der Waals surface area (Å²) < 4.78 is 0. The lowest BCUT2D eigenvalue weighted by Crippen LogP contribution is -2.19. The number of nitrogens with one attached hydrogen (secondary N) is 2. The minimum atomic E-state index is -0.0944. The van der Waals surface area contributed by atoms with Crippen molar-refractivity contribution in [2.24, 2.45) is 0 Å². The first-order valence-electron chi connectivity index (χ1n) is 5.31. The lowest BCUT2D eigenvalue weighted by atomic mass is 10.1. The molecule has 0 aliphatic carbocycles. The van der Waals surface area contributed by atoms with Gasteiger partial charge in [0.15, 0.2) is 0 Å². The van der Waals surface area contributed by atoms with E-state index in [1.165, 1.54) is 6.92 Å². The second-order valence-corrected chi connectivity index (χ2v) is 3.77. The highest BCUT2D eigenvalue weighted by Crippen LogP contribution is 2.16. The van der Waals surface area contributed by atoms with Crippen molar-refractivity contribution in [3.63, 3.8) is 0 Å². The van der Waals surface area contributed by atoms with Crippen molar-refractivity contribution in [2.75, 3.05) is 6.54 Å². The standard InChI is InChI=1S/C13H12N2O2/c1-9(16)14-6-2-3-10-4-5-12-11(7-10)8-15-13(12)17/h4-5,7H,6,8H2,1H3,(H,14,16)(H,15,17). The number of amides is 2. The van der Waals surface area contributed by atoms with E-state index in [-0.39, 0.29) is 11.8 Å². The number of carbonyl (C=O) groups is 2.